The number of amides is 3. The van der Waals surface area contributed by atoms with Gasteiger partial charge < -0.3 is 14.4 Å². The molecule has 0 radical (unpaired) electrons. The molecule has 0 aromatic heterocycles. The first-order chi connectivity index (χ1) is 11.1. The van der Waals surface area contributed by atoms with Gasteiger partial charge >= 0.3 is 0 Å². The largest absolute Gasteiger partial charge is 0.496 e. The quantitative estimate of drug-likeness (QED) is 0.832. The van der Waals surface area contributed by atoms with Gasteiger partial charge in [-0.15, -0.1) is 0 Å². The highest BCUT2D eigenvalue weighted by molar-refractivity contribution is 6.06. The Morgan fingerprint density at radius 2 is 2.00 bits per heavy atom. The van der Waals surface area contributed by atoms with Gasteiger partial charge in [0.2, 0.25) is 11.8 Å². The van der Waals surface area contributed by atoms with Crippen LogP contribution in [-0.2, 0) is 16.1 Å². The van der Waals surface area contributed by atoms with Crippen LogP contribution in [0, 0.1) is 0 Å². The van der Waals surface area contributed by atoms with E-state index in [-0.39, 0.29) is 24.8 Å². The Bertz CT molecular complexity index is 685. The summed E-state index contributed by atoms with van der Waals surface area (Å²) >= 11 is 0. The molecule has 1 unspecified atom stereocenters. The SMILES string of the molecule is CCOc1ccc(OC)c2c1CN(C1CCC(=O)NC1=O)C2=O. The molecular formula is C16H18N2O5. The summed E-state index contributed by atoms with van der Waals surface area (Å²) in [5.74, 6) is 0.0740. The van der Waals surface area contributed by atoms with Gasteiger partial charge in [0.15, 0.2) is 0 Å². The number of hydrogen-bond donors (Lipinski definition) is 1. The molecule has 2 aliphatic heterocycles. The summed E-state index contributed by atoms with van der Waals surface area (Å²) in [6.45, 7) is 2.61. The van der Waals surface area contributed by atoms with Crippen molar-refractivity contribution in [2.75, 3.05) is 13.7 Å². The van der Waals surface area contributed by atoms with Gasteiger partial charge in [-0.2, -0.15) is 0 Å². The van der Waals surface area contributed by atoms with E-state index in [9.17, 15) is 14.4 Å². The molecule has 1 aromatic carbocycles. The van der Waals surface area contributed by atoms with Crippen LogP contribution < -0.4 is 14.8 Å². The van der Waals surface area contributed by atoms with E-state index in [2.05, 4.69) is 5.32 Å². The predicted octanol–water partition coefficient (Wildman–Crippen LogP) is 0.855. The van der Waals surface area contributed by atoms with Crippen LogP contribution in [0.2, 0.25) is 0 Å². The Morgan fingerprint density at radius 3 is 2.65 bits per heavy atom. The number of hydrogen-bond acceptors (Lipinski definition) is 5. The lowest BCUT2D eigenvalue weighted by Crippen LogP contribution is -2.52. The van der Waals surface area contributed by atoms with E-state index in [1.807, 2.05) is 6.92 Å². The topological polar surface area (TPSA) is 84.9 Å². The van der Waals surface area contributed by atoms with Crippen molar-refractivity contribution in [3.05, 3.63) is 23.3 Å². The third kappa shape index (κ3) is 2.52. The Balaban J connectivity index is 1.96. The summed E-state index contributed by atoms with van der Waals surface area (Å²) in [7, 11) is 1.50. The van der Waals surface area contributed by atoms with Crippen LogP contribution in [-0.4, -0.2) is 42.4 Å². The van der Waals surface area contributed by atoms with E-state index >= 15 is 0 Å². The Kier molecular flexibility index (Phi) is 3.94. The number of rotatable bonds is 4. The molecular weight excluding hydrogens is 300 g/mol. The summed E-state index contributed by atoms with van der Waals surface area (Å²) in [5, 5.41) is 2.29. The molecule has 1 N–H and O–H groups in total. The van der Waals surface area contributed by atoms with Gasteiger partial charge in [-0.1, -0.05) is 0 Å². The number of fused-ring (bicyclic) bond motifs is 1. The minimum Gasteiger partial charge on any atom is -0.496 e. The lowest BCUT2D eigenvalue weighted by molar-refractivity contribution is -0.136. The number of benzene rings is 1. The number of methoxy groups -OCH3 is 1. The molecule has 1 atom stereocenters. The van der Waals surface area contributed by atoms with Gasteiger partial charge in [0.05, 0.1) is 25.8 Å². The van der Waals surface area contributed by atoms with E-state index in [0.29, 0.717) is 30.1 Å². The first-order valence-corrected chi connectivity index (χ1v) is 7.54. The number of nitrogens with one attached hydrogen (secondary N) is 1. The minimum absolute atomic E-state index is 0.228. The minimum atomic E-state index is -0.646. The highest BCUT2D eigenvalue weighted by atomic mass is 16.5. The molecule has 0 bridgehead atoms. The lowest BCUT2D eigenvalue weighted by Gasteiger charge is -2.29. The van der Waals surface area contributed by atoms with E-state index in [0.717, 1.165) is 5.56 Å². The zero-order valence-corrected chi connectivity index (χ0v) is 13.0. The fraction of sp³-hybridized carbons (Fsp3) is 0.438. The maximum atomic E-state index is 12.8. The normalized spacial score (nSPS) is 20.3. The van der Waals surface area contributed by atoms with E-state index in [4.69, 9.17) is 9.47 Å². The molecule has 1 aromatic rings. The number of ether oxygens (including phenoxy) is 2. The van der Waals surface area contributed by atoms with Crippen LogP contribution >= 0.6 is 0 Å². The fourth-order valence-corrected chi connectivity index (χ4v) is 3.08. The molecule has 7 heteroatoms. The average Bonchev–Trinajstić information content (AvgIpc) is 2.86. The molecule has 1 fully saturated rings. The van der Waals surface area contributed by atoms with Gasteiger partial charge in [0.25, 0.3) is 5.91 Å². The van der Waals surface area contributed by atoms with Gasteiger partial charge in [0, 0.05) is 12.0 Å². The van der Waals surface area contributed by atoms with Crippen LogP contribution in [0.15, 0.2) is 12.1 Å². The third-order valence-corrected chi connectivity index (χ3v) is 4.14. The van der Waals surface area contributed by atoms with Crippen LogP contribution in [0.4, 0.5) is 0 Å². The van der Waals surface area contributed by atoms with Crippen LogP contribution in [0.5, 0.6) is 11.5 Å². The van der Waals surface area contributed by atoms with E-state index < -0.39 is 11.9 Å². The van der Waals surface area contributed by atoms with Crippen molar-refractivity contribution in [3.8, 4) is 11.5 Å². The Hall–Kier alpha value is -2.57. The number of carbonyl (C=O) groups is 3. The van der Waals surface area contributed by atoms with Crippen molar-refractivity contribution in [2.45, 2.75) is 32.4 Å². The third-order valence-electron chi connectivity index (χ3n) is 4.14. The standard InChI is InChI=1S/C16H18N2O5/c1-3-23-11-5-6-12(22-2)14-9(11)8-18(16(14)21)10-4-7-13(19)17-15(10)20/h5-6,10H,3-4,7-8H2,1-2H3,(H,17,19,20). The van der Waals surface area contributed by atoms with Gasteiger partial charge in [-0.3, -0.25) is 19.7 Å². The summed E-state index contributed by atoms with van der Waals surface area (Å²) < 4.78 is 10.9. The molecule has 3 rings (SSSR count). The second-order valence-electron chi connectivity index (χ2n) is 5.45. The molecule has 23 heavy (non-hydrogen) atoms. The highest BCUT2D eigenvalue weighted by Gasteiger charge is 2.41. The molecule has 3 amide bonds. The number of imide groups is 1. The predicted molar refractivity (Wildman–Crippen MR) is 80.2 cm³/mol. The van der Waals surface area contributed by atoms with Crippen LogP contribution in [0.25, 0.3) is 0 Å². The molecule has 0 aliphatic carbocycles. The van der Waals surface area contributed by atoms with Crippen LogP contribution in [0.3, 0.4) is 0 Å². The molecule has 7 nitrogen and oxygen atoms in total. The van der Waals surface area contributed by atoms with Crippen molar-refractivity contribution in [2.24, 2.45) is 0 Å². The highest BCUT2D eigenvalue weighted by Crippen LogP contribution is 2.38. The molecule has 122 valence electrons. The zero-order chi connectivity index (χ0) is 16.6. The first kappa shape index (κ1) is 15.3. The van der Waals surface area contributed by atoms with E-state index in [1.54, 1.807) is 12.1 Å². The second kappa shape index (κ2) is 5.91. The van der Waals surface area contributed by atoms with Crippen LogP contribution in [0.1, 0.15) is 35.7 Å². The Labute approximate surface area is 133 Å². The maximum Gasteiger partial charge on any atom is 0.259 e. The van der Waals surface area contributed by atoms with Crippen molar-refractivity contribution in [3.63, 3.8) is 0 Å². The smallest absolute Gasteiger partial charge is 0.259 e. The van der Waals surface area contributed by atoms with Crippen molar-refractivity contribution in [1.29, 1.82) is 0 Å². The molecule has 0 saturated carbocycles. The van der Waals surface area contributed by atoms with Gasteiger partial charge in [-0.05, 0) is 25.5 Å². The molecule has 0 spiro atoms. The lowest BCUT2D eigenvalue weighted by atomic mass is 10.0. The van der Waals surface area contributed by atoms with Crippen molar-refractivity contribution < 1.29 is 23.9 Å². The summed E-state index contributed by atoms with van der Waals surface area (Å²) in [6, 6.07) is 2.81. The van der Waals surface area contributed by atoms with E-state index in [1.165, 1.54) is 12.0 Å². The number of piperidine rings is 1. The zero-order valence-electron chi connectivity index (χ0n) is 13.0. The first-order valence-electron chi connectivity index (χ1n) is 7.54. The fourth-order valence-electron chi connectivity index (χ4n) is 3.08. The Morgan fingerprint density at radius 1 is 1.26 bits per heavy atom. The van der Waals surface area contributed by atoms with Crippen molar-refractivity contribution in [1.82, 2.24) is 10.2 Å². The summed E-state index contributed by atoms with van der Waals surface area (Å²) in [5.41, 5.74) is 1.16. The average molecular weight is 318 g/mol. The summed E-state index contributed by atoms with van der Waals surface area (Å²) in [4.78, 5) is 37.6. The molecule has 2 heterocycles. The maximum absolute atomic E-state index is 12.8. The van der Waals surface area contributed by atoms with Gasteiger partial charge in [-0.25, -0.2) is 0 Å². The molecule has 1 saturated heterocycles. The second-order valence-corrected chi connectivity index (χ2v) is 5.45. The van der Waals surface area contributed by atoms with Gasteiger partial charge in [0.1, 0.15) is 17.5 Å². The number of carbonyl (C=O) groups excluding carboxylic acids is 3. The molecule has 2 aliphatic rings. The summed E-state index contributed by atoms with van der Waals surface area (Å²) in [6.07, 6.45) is 0.558. The van der Waals surface area contributed by atoms with Crippen molar-refractivity contribution >= 4 is 17.7 Å². The monoisotopic (exact) mass is 318 g/mol. The number of nitrogens with zero attached hydrogens (tertiary/aromatic N) is 1.